The highest BCUT2D eigenvalue weighted by Gasteiger charge is 2.19. The highest BCUT2D eigenvalue weighted by molar-refractivity contribution is 9.10. The smallest absolute Gasteiger partial charge is 0.284 e. The molecular formula is C14H12BrN3O3. The van der Waals surface area contributed by atoms with E-state index in [9.17, 15) is 14.9 Å². The number of anilines is 1. The number of nitro groups is 1. The summed E-state index contributed by atoms with van der Waals surface area (Å²) in [7, 11) is 0. The van der Waals surface area contributed by atoms with E-state index in [1.54, 1.807) is 6.07 Å². The van der Waals surface area contributed by atoms with Gasteiger partial charge in [0.25, 0.3) is 11.6 Å². The Morgan fingerprint density at radius 3 is 2.67 bits per heavy atom. The van der Waals surface area contributed by atoms with E-state index < -0.39 is 10.8 Å². The maximum Gasteiger partial charge on any atom is 0.284 e. The normalized spacial score (nSPS) is 10.2. The molecule has 0 unspecified atom stereocenters. The summed E-state index contributed by atoms with van der Waals surface area (Å²) in [5.74, 6) is -0.0426. The van der Waals surface area contributed by atoms with Gasteiger partial charge in [0.2, 0.25) is 0 Å². The molecule has 0 aliphatic carbocycles. The number of nitrogens with zero attached hydrogens (tertiary/aromatic N) is 2. The molecule has 0 saturated heterocycles. The monoisotopic (exact) mass is 349 g/mol. The Bertz CT molecular complexity index is 711. The summed E-state index contributed by atoms with van der Waals surface area (Å²) in [5, 5.41) is 13.5. The maximum absolute atomic E-state index is 12.2. The van der Waals surface area contributed by atoms with Gasteiger partial charge in [-0.05, 0) is 53.5 Å². The van der Waals surface area contributed by atoms with Crippen LogP contribution in [0.3, 0.4) is 0 Å². The average molecular weight is 350 g/mol. The molecule has 1 amide bonds. The SMILES string of the molecule is Cc1cc(C)nc(NC(=O)c2cccc([N+](=O)[O-])c2Br)c1. The molecule has 1 aromatic heterocycles. The molecule has 1 N–H and O–H groups in total. The number of benzene rings is 1. The molecule has 0 atom stereocenters. The number of halogens is 1. The van der Waals surface area contributed by atoms with Gasteiger partial charge in [-0.1, -0.05) is 6.07 Å². The Balaban J connectivity index is 2.33. The summed E-state index contributed by atoms with van der Waals surface area (Å²) in [6, 6.07) is 7.92. The van der Waals surface area contributed by atoms with Crippen LogP contribution in [-0.4, -0.2) is 15.8 Å². The van der Waals surface area contributed by atoms with Crippen LogP contribution in [0.25, 0.3) is 0 Å². The Kier molecular flexibility index (Phi) is 4.32. The zero-order chi connectivity index (χ0) is 15.6. The Morgan fingerprint density at radius 2 is 2.05 bits per heavy atom. The number of aromatic nitrogens is 1. The first-order valence-electron chi connectivity index (χ1n) is 6.08. The maximum atomic E-state index is 12.2. The lowest BCUT2D eigenvalue weighted by Gasteiger charge is -2.08. The van der Waals surface area contributed by atoms with Crippen molar-refractivity contribution in [2.45, 2.75) is 13.8 Å². The number of amides is 1. The van der Waals surface area contributed by atoms with Gasteiger partial charge in [-0.3, -0.25) is 14.9 Å². The molecule has 0 spiro atoms. The fraction of sp³-hybridized carbons (Fsp3) is 0.143. The number of carbonyl (C=O) groups excluding carboxylic acids is 1. The second-order valence-electron chi connectivity index (χ2n) is 4.52. The van der Waals surface area contributed by atoms with Crippen LogP contribution in [-0.2, 0) is 0 Å². The van der Waals surface area contributed by atoms with Gasteiger partial charge in [-0.15, -0.1) is 0 Å². The lowest BCUT2D eigenvalue weighted by molar-refractivity contribution is -0.385. The third kappa shape index (κ3) is 3.43. The summed E-state index contributed by atoms with van der Waals surface area (Å²) in [6.07, 6.45) is 0. The summed E-state index contributed by atoms with van der Waals surface area (Å²) in [6.45, 7) is 3.72. The van der Waals surface area contributed by atoms with E-state index in [1.807, 2.05) is 19.9 Å². The van der Waals surface area contributed by atoms with Crippen molar-refractivity contribution in [1.29, 1.82) is 0 Å². The van der Waals surface area contributed by atoms with E-state index >= 15 is 0 Å². The predicted molar refractivity (Wildman–Crippen MR) is 82.5 cm³/mol. The van der Waals surface area contributed by atoms with E-state index in [1.165, 1.54) is 18.2 Å². The molecule has 0 bridgehead atoms. The highest BCUT2D eigenvalue weighted by atomic mass is 79.9. The van der Waals surface area contributed by atoms with Crippen molar-refractivity contribution < 1.29 is 9.72 Å². The van der Waals surface area contributed by atoms with Crippen molar-refractivity contribution >= 4 is 33.3 Å². The van der Waals surface area contributed by atoms with Crippen LogP contribution < -0.4 is 5.32 Å². The van der Waals surface area contributed by atoms with Gasteiger partial charge >= 0.3 is 0 Å². The Morgan fingerprint density at radius 1 is 1.33 bits per heavy atom. The van der Waals surface area contributed by atoms with Crippen LogP contribution in [0.2, 0.25) is 0 Å². The zero-order valence-electron chi connectivity index (χ0n) is 11.4. The molecule has 6 nitrogen and oxygen atoms in total. The van der Waals surface area contributed by atoms with E-state index in [0.29, 0.717) is 5.82 Å². The van der Waals surface area contributed by atoms with Gasteiger partial charge in [-0.2, -0.15) is 0 Å². The zero-order valence-corrected chi connectivity index (χ0v) is 13.0. The second-order valence-corrected chi connectivity index (χ2v) is 5.31. The molecule has 2 rings (SSSR count). The molecule has 0 aliphatic rings. The Labute approximate surface area is 129 Å². The topological polar surface area (TPSA) is 85.1 Å². The number of nitro benzene ring substituents is 1. The standard InChI is InChI=1S/C14H12BrN3O3/c1-8-6-9(2)16-12(7-8)17-14(19)10-4-3-5-11(13(10)15)18(20)21/h3-7H,1-2H3,(H,16,17,19). The van der Waals surface area contributed by atoms with E-state index in [2.05, 4.69) is 26.2 Å². The predicted octanol–water partition coefficient (Wildman–Crippen LogP) is 3.62. The van der Waals surface area contributed by atoms with Crippen molar-refractivity contribution in [2.24, 2.45) is 0 Å². The van der Waals surface area contributed by atoms with Crippen LogP contribution in [0.1, 0.15) is 21.6 Å². The van der Waals surface area contributed by atoms with Gasteiger partial charge in [-0.25, -0.2) is 4.98 Å². The first-order valence-corrected chi connectivity index (χ1v) is 6.87. The number of pyridine rings is 1. The van der Waals surface area contributed by atoms with E-state index in [4.69, 9.17) is 0 Å². The molecule has 108 valence electrons. The molecular weight excluding hydrogens is 338 g/mol. The highest BCUT2D eigenvalue weighted by Crippen LogP contribution is 2.28. The molecule has 2 aromatic rings. The van der Waals surface area contributed by atoms with Crippen molar-refractivity contribution in [2.75, 3.05) is 5.32 Å². The minimum atomic E-state index is -0.546. The minimum Gasteiger partial charge on any atom is -0.307 e. The molecule has 21 heavy (non-hydrogen) atoms. The first-order chi connectivity index (χ1) is 9.88. The largest absolute Gasteiger partial charge is 0.307 e. The van der Waals surface area contributed by atoms with Crippen LogP contribution >= 0.6 is 15.9 Å². The lowest BCUT2D eigenvalue weighted by atomic mass is 10.2. The average Bonchev–Trinajstić information content (AvgIpc) is 2.37. The third-order valence-corrected chi connectivity index (χ3v) is 3.59. The summed E-state index contributed by atoms with van der Waals surface area (Å²) >= 11 is 3.10. The quantitative estimate of drug-likeness (QED) is 0.677. The second kappa shape index (κ2) is 6.01. The Hall–Kier alpha value is -2.28. The van der Waals surface area contributed by atoms with Gasteiger partial charge < -0.3 is 5.32 Å². The fourth-order valence-electron chi connectivity index (χ4n) is 1.93. The summed E-state index contributed by atoms with van der Waals surface area (Å²) in [4.78, 5) is 26.8. The number of hydrogen-bond donors (Lipinski definition) is 1. The number of carbonyl (C=O) groups is 1. The number of nitrogens with one attached hydrogen (secondary N) is 1. The fourth-order valence-corrected chi connectivity index (χ4v) is 2.51. The van der Waals surface area contributed by atoms with E-state index in [-0.39, 0.29) is 15.7 Å². The van der Waals surface area contributed by atoms with Gasteiger partial charge in [0.15, 0.2) is 0 Å². The van der Waals surface area contributed by atoms with Gasteiger partial charge in [0.05, 0.1) is 10.5 Å². The first kappa shape index (κ1) is 15.1. The number of rotatable bonds is 3. The molecule has 0 radical (unpaired) electrons. The molecule has 0 aliphatic heterocycles. The molecule has 0 fully saturated rings. The third-order valence-electron chi connectivity index (χ3n) is 2.76. The van der Waals surface area contributed by atoms with Crippen LogP contribution in [0, 0.1) is 24.0 Å². The number of aryl methyl sites for hydroxylation is 2. The molecule has 1 heterocycles. The van der Waals surface area contributed by atoms with Crippen molar-refractivity contribution in [3.8, 4) is 0 Å². The molecule has 0 saturated carbocycles. The minimum absolute atomic E-state index is 0.150. The summed E-state index contributed by atoms with van der Waals surface area (Å²) in [5.41, 5.74) is 1.78. The van der Waals surface area contributed by atoms with Crippen LogP contribution in [0.5, 0.6) is 0 Å². The van der Waals surface area contributed by atoms with Crippen LogP contribution in [0.4, 0.5) is 11.5 Å². The number of hydrogen-bond acceptors (Lipinski definition) is 4. The van der Waals surface area contributed by atoms with E-state index in [0.717, 1.165) is 11.3 Å². The molecule has 1 aromatic carbocycles. The van der Waals surface area contributed by atoms with Crippen molar-refractivity contribution in [1.82, 2.24) is 4.98 Å². The molecule has 7 heteroatoms. The van der Waals surface area contributed by atoms with Gasteiger partial charge in [0, 0.05) is 11.8 Å². The lowest BCUT2D eigenvalue weighted by Crippen LogP contribution is -2.14. The van der Waals surface area contributed by atoms with Crippen molar-refractivity contribution in [3.05, 3.63) is 61.7 Å². The summed E-state index contributed by atoms with van der Waals surface area (Å²) < 4.78 is 0.150. The van der Waals surface area contributed by atoms with Crippen LogP contribution in [0.15, 0.2) is 34.8 Å². The van der Waals surface area contributed by atoms with Gasteiger partial charge in [0.1, 0.15) is 10.3 Å². The van der Waals surface area contributed by atoms with Crippen molar-refractivity contribution in [3.63, 3.8) is 0 Å².